The average molecular weight is 190 g/mol. The number of pyridine rings is 1. The first-order chi connectivity index (χ1) is 6.75. The Bertz CT molecular complexity index is 460. The van der Waals surface area contributed by atoms with Crippen LogP contribution in [-0.4, -0.2) is 21.3 Å². The number of rotatable bonds is 2. The fraction of sp³-hybridized carbons (Fsp3) is 0.364. The summed E-state index contributed by atoms with van der Waals surface area (Å²) in [5.74, 6) is 0. The van der Waals surface area contributed by atoms with Crippen LogP contribution in [-0.2, 0) is 6.54 Å². The molecule has 0 bridgehead atoms. The number of hydrogen-bond acceptors (Lipinski definition) is 2. The van der Waals surface area contributed by atoms with E-state index in [2.05, 4.69) is 29.5 Å². The predicted octanol–water partition coefficient (Wildman–Crippen LogP) is 1.65. The molecule has 2 aromatic heterocycles. The van der Waals surface area contributed by atoms with Crippen LogP contribution in [0.4, 0.5) is 0 Å². The molecule has 1 N–H and O–H groups in total. The molecule has 0 aliphatic heterocycles. The van der Waals surface area contributed by atoms with E-state index in [0.717, 1.165) is 5.65 Å². The Morgan fingerprint density at radius 1 is 1.43 bits per heavy atom. The molecule has 0 amide bonds. The lowest BCUT2D eigenvalue weighted by Crippen LogP contribution is -2.04. The number of aromatic nitrogens is 2. The minimum absolute atomic E-state index is 0.153. The standard InChI is InChI=1S/C11H14N2O/c1-8-9(2)13(6-7-14)11-10(8)4-3-5-12-11/h3-5,14H,6-7H2,1-2H3. The summed E-state index contributed by atoms with van der Waals surface area (Å²) in [6.07, 6.45) is 1.79. The average Bonchev–Trinajstić information content (AvgIpc) is 2.45. The maximum absolute atomic E-state index is 8.96. The van der Waals surface area contributed by atoms with Crippen molar-refractivity contribution in [3.05, 3.63) is 29.6 Å². The first-order valence-electron chi connectivity index (χ1n) is 4.77. The fourth-order valence-electron chi connectivity index (χ4n) is 1.83. The van der Waals surface area contributed by atoms with Crippen molar-refractivity contribution >= 4 is 11.0 Å². The quantitative estimate of drug-likeness (QED) is 0.781. The molecule has 0 aliphatic rings. The summed E-state index contributed by atoms with van der Waals surface area (Å²) in [7, 11) is 0. The highest BCUT2D eigenvalue weighted by Gasteiger charge is 2.09. The van der Waals surface area contributed by atoms with E-state index in [0.29, 0.717) is 6.54 Å². The van der Waals surface area contributed by atoms with E-state index in [1.165, 1.54) is 16.6 Å². The summed E-state index contributed by atoms with van der Waals surface area (Å²) in [5.41, 5.74) is 3.41. The largest absolute Gasteiger partial charge is 0.395 e. The van der Waals surface area contributed by atoms with Gasteiger partial charge in [-0.1, -0.05) is 0 Å². The second-order valence-electron chi connectivity index (χ2n) is 3.46. The Hall–Kier alpha value is -1.35. The monoisotopic (exact) mass is 190 g/mol. The summed E-state index contributed by atoms with van der Waals surface area (Å²) in [4.78, 5) is 4.33. The van der Waals surface area contributed by atoms with Gasteiger partial charge in [-0.2, -0.15) is 0 Å². The highest BCUT2D eigenvalue weighted by molar-refractivity contribution is 5.81. The first kappa shape index (κ1) is 9.21. The van der Waals surface area contributed by atoms with E-state index >= 15 is 0 Å². The zero-order chi connectivity index (χ0) is 10.1. The number of fused-ring (bicyclic) bond motifs is 1. The van der Waals surface area contributed by atoms with Crippen LogP contribution >= 0.6 is 0 Å². The summed E-state index contributed by atoms with van der Waals surface area (Å²) in [6, 6.07) is 4.01. The first-order valence-corrected chi connectivity index (χ1v) is 4.77. The van der Waals surface area contributed by atoms with Crippen molar-refractivity contribution < 1.29 is 5.11 Å². The third-order valence-electron chi connectivity index (χ3n) is 2.72. The summed E-state index contributed by atoms with van der Waals surface area (Å²) in [5, 5.41) is 10.1. The van der Waals surface area contributed by atoms with Gasteiger partial charge >= 0.3 is 0 Å². The van der Waals surface area contributed by atoms with Gasteiger partial charge in [-0.05, 0) is 31.5 Å². The van der Waals surface area contributed by atoms with Gasteiger partial charge in [-0.15, -0.1) is 0 Å². The molecule has 3 heteroatoms. The van der Waals surface area contributed by atoms with Crippen molar-refractivity contribution in [2.24, 2.45) is 0 Å². The molecular weight excluding hydrogens is 176 g/mol. The van der Waals surface area contributed by atoms with Crippen LogP contribution in [0.5, 0.6) is 0 Å². The van der Waals surface area contributed by atoms with E-state index in [1.54, 1.807) is 6.20 Å². The third-order valence-corrected chi connectivity index (χ3v) is 2.72. The number of hydrogen-bond donors (Lipinski definition) is 1. The minimum Gasteiger partial charge on any atom is -0.395 e. The van der Waals surface area contributed by atoms with Crippen molar-refractivity contribution in [3.8, 4) is 0 Å². The highest BCUT2D eigenvalue weighted by atomic mass is 16.3. The molecule has 2 heterocycles. The van der Waals surface area contributed by atoms with E-state index in [9.17, 15) is 0 Å². The molecular formula is C11H14N2O. The van der Waals surface area contributed by atoms with Gasteiger partial charge in [0.05, 0.1) is 6.61 Å². The molecule has 0 saturated carbocycles. The molecule has 0 unspecified atom stereocenters. The van der Waals surface area contributed by atoms with Crippen LogP contribution in [0, 0.1) is 13.8 Å². The smallest absolute Gasteiger partial charge is 0.140 e. The van der Waals surface area contributed by atoms with Crippen molar-refractivity contribution in [1.29, 1.82) is 0 Å². The zero-order valence-electron chi connectivity index (χ0n) is 8.49. The Morgan fingerprint density at radius 3 is 2.93 bits per heavy atom. The van der Waals surface area contributed by atoms with Gasteiger partial charge in [0.15, 0.2) is 0 Å². The van der Waals surface area contributed by atoms with Crippen molar-refractivity contribution in [3.63, 3.8) is 0 Å². The lowest BCUT2D eigenvalue weighted by atomic mass is 10.2. The maximum atomic E-state index is 8.96. The lowest BCUT2D eigenvalue weighted by molar-refractivity contribution is 0.276. The SMILES string of the molecule is Cc1c(C)n(CCO)c2ncccc12. The lowest BCUT2D eigenvalue weighted by Gasteiger charge is -2.04. The van der Waals surface area contributed by atoms with Crippen LogP contribution in [0.1, 0.15) is 11.3 Å². The van der Waals surface area contributed by atoms with Gasteiger partial charge in [-0.3, -0.25) is 0 Å². The number of aryl methyl sites for hydroxylation is 1. The van der Waals surface area contributed by atoms with Gasteiger partial charge in [0.2, 0.25) is 0 Å². The van der Waals surface area contributed by atoms with Gasteiger partial charge in [0.1, 0.15) is 5.65 Å². The topological polar surface area (TPSA) is 38.0 Å². The van der Waals surface area contributed by atoms with Gasteiger partial charge in [0.25, 0.3) is 0 Å². The Balaban J connectivity index is 2.74. The summed E-state index contributed by atoms with van der Waals surface area (Å²) in [6.45, 7) is 4.92. The molecule has 0 radical (unpaired) electrons. The number of nitrogens with zero attached hydrogens (tertiary/aromatic N) is 2. The van der Waals surface area contributed by atoms with Crippen molar-refractivity contribution in [2.45, 2.75) is 20.4 Å². The molecule has 3 nitrogen and oxygen atoms in total. The minimum atomic E-state index is 0.153. The van der Waals surface area contributed by atoms with E-state index in [1.807, 2.05) is 6.07 Å². The zero-order valence-corrected chi connectivity index (χ0v) is 8.49. The normalized spacial score (nSPS) is 11.1. The van der Waals surface area contributed by atoms with Crippen molar-refractivity contribution in [1.82, 2.24) is 9.55 Å². The summed E-state index contributed by atoms with van der Waals surface area (Å²) >= 11 is 0. The molecule has 0 aliphatic carbocycles. The molecule has 0 atom stereocenters. The van der Waals surface area contributed by atoms with Crippen LogP contribution in [0.2, 0.25) is 0 Å². The summed E-state index contributed by atoms with van der Waals surface area (Å²) < 4.78 is 2.06. The molecule has 14 heavy (non-hydrogen) atoms. The number of aliphatic hydroxyl groups is 1. The third kappa shape index (κ3) is 1.21. The second-order valence-corrected chi connectivity index (χ2v) is 3.46. The molecule has 74 valence electrons. The van der Waals surface area contributed by atoms with E-state index < -0.39 is 0 Å². The Kier molecular flexibility index (Phi) is 2.25. The van der Waals surface area contributed by atoms with Crippen LogP contribution in [0.3, 0.4) is 0 Å². The fourth-order valence-corrected chi connectivity index (χ4v) is 1.83. The predicted molar refractivity (Wildman–Crippen MR) is 56.3 cm³/mol. The maximum Gasteiger partial charge on any atom is 0.140 e. The van der Waals surface area contributed by atoms with Gasteiger partial charge in [-0.25, -0.2) is 4.98 Å². The Morgan fingerprint density at radius 2 is 2.21 bits per heavy atom. The van der Waals surface area contributed by atoms with Crippen molar-refractivity contribution in [2.75, 3.05) is 6.61 Å². The molecule has 0 fully saturated rings. The Labute approximate surface area is 83.0 Å². The molecule has 0 spiro atoms. The van der Waals surface area contributed by atoms with Gasteiger partial charge in [0, 0.05) is 23.8 Å². The van der Waals surface area contributed by atoms with Gasteiger partial charge < -0.3 is 9.67 Å². The van der Waals surface area contributed by atoms with Crippen LogP contribution in [0.25, 0.3) is 11.0 Å². The second kappa shape index (κ2) is 3.42. The molecule has 2 aromatic rings. The van der Waals surface area contributed by atoms with Crippen LogP contribution in [0.15, 0.2) is 18.3 Å². The van der Waals surface area contributed by atoms with Crippen LogP contribution < -0.4 is 0 Å². The molecule has 0 saturated heterocycles. The highest BCUT2D eigenvalue weighted by Crippen LogP contribution is 2.22. The van der Waals surface area contributed by atoms with E-state index in [-0.39, 0.29) is 6.61 Å². The molecule has 0 aromatic carbocycles. The molecule has 2 rings (SSSR count). The van der Waals surface area contributed by atoms with E-state index in [4.69, 9.17) is 5.11 Å². The number of aliphatic hydroxyl groups excluding tert-OH is 1.